The summed E-state index contributed by atoms with van der Waals surface area (Å²) >= 11 is 0. The van der Waals surface area contributed by atoms with Gasteiger partial charge >= 0.3 is 0 Å². The number of amidine groups is 1. The van der Waals surface area contributed by atoms with Crippen molar-refractivity contribution in [3.05, 3.63) is 41.9 Å². The lowest BCUT2D eigenvalue weighted by molar-refractivity contribution is 0.466. The van der Waals surface area contributed by atoms with Gasteiger partial charge in [-0.1, -0.05) is 13.8 Å². The second-order valence-corrected chi connectivity index (χ2v) is 6.57. The molecule has 8 nitrogen and oxygen atoms in total. The summed E-state index contributed by atoms with van der Waals surface area (Å²) in [5, 5.41) is 20.0. The number of nitrogens with one attached hydrogen (secondary N) is 4. The highest BCUT2D eigenvalue weighted by Crippen LogP contribution is 2.24. The van der Waals surface area contributed by atoms with Gasteiger partial charge in [-0.15, -0.1) is 0 Å². The molecule has 8 N–H and O–H groups in total. The van der Waals surface area contributed by atoms with Crippen molar-refractivity contribution < 1.29 is 0 Å². The first-order chi connectivity index (χ1) is 14.0. The van der Waals surface area contributed by atoms with Crippen molar-refractivity contribution in [3.63, 3.8) is 0 Å². The Balaban J connectivity index is 0.00000204. The fourth-order valence-electron chi connectivity index (χ4n) is 3.20. The van der Waals surface area contributed by atoms with Gasteiger partial charge in [0, 0.05) is 37.6 Å². The molecule has 0 aliphatic carbocycles. The van der Waals surface area contributed by atoms with E-state index in [-0.39, 0.29) is 11.8 Å². The van der Waals surface area contributed by atoms with E-state index in [9.17, 15) is 0 Å². The summed E-state index contributed by atoms with van der Waals surface area (Å²) in [5.74, 6) is -0.0797. The third-order valence-corrected chi connectivity index (χ3v) is 4.71. The van der Waals surface area contributed by atoms with Crippen molar-refractivity contribution in [2.75, 3.05) is 20.1 Å². The van der Waals surface area contributed by atoms with E-state index in [1.54, 1.807) is 6.20 Å². The van der Waals surface area contributed by atoms with Crippen LogP contribution >= 0.6 is 0 Å². The first kappa shape index (κ1) is 24.2. The molecule has 2 unspecified atom stereocenters. The molecule has 158 valence electrons. The van der Waals surface area contributed by atoms with Gasteiger partial charge < -0.3 is 27.5 Å². The maximum absolute atomic E-state index is 8.05. The van der Waals surface area contributed by atoms with Gasteiger partial charge in [0.05, 0.1) is 28.5 Å². The fraction of sp³-hybridized carbons (Fsp3) is 0.429. The maximum atomic E-state index is 8.05. The summed E-state index contributed by atoms with van der Waals surface area (Å²) in [7, 11) is 1.84. The Bertz CT molecular complexity index is 817. The lowest BCUT2D eigenvalue weighted by atomic mass is 9.93. The minimum Gasteiger partial charge on any atom is -0.394 e. The molecule has 0 aliphatic heterocycles. The molecule has 8 heteroatoms. The standard InChI is InChI=1S/C20H31N7.CH3N/c1-4-15(25-5-2)9-16(20(22)23)17-6-7-18-19(27-17)8-13(12-26-18)14(10-21)11-24-3;1-2/h6-8,11-12,15-16,24-25H,4-5,9-10,21H2,1-3H3,(H3,22,23);2H,1H2/b14-11+;. The Labute approximate surface area is 173 Å². The highest BCUT2D eigenvalue weighted by molar-refractivity contribution is 5.85. The van der Waals surface area contributed by atoms with Gasteiger partial charge in [-0.2, -0.15) is 0 Å². The third-order valence-electron chi connectivity index (χ3n) is 4.71. The molecule has 2 rings (SSSR count). The zero-order chi connectivity index (χ0) is 21.8. The fourth-order valence-corrected chi connectivity index (χ4v) is 3.20. The molecule has 0 spiro atoms. The predicted octanol–water partition coefficient (Wildman–Crippen LogP) is 2.21. The second-order valence-electron chi connectivity index (χ2n) is 6.57. The molecule has 0 aromatic carbocycles. The van der Waals surface area contributed by atoms with E-state index in [0.29, 0.717) is 12.6 Å². The van der Waals surface area contributed by atoms with Crippen LogP contribution in [0.25, 0.3) is 16.6 Å². The SMILES string of the molecule is C=N.CCNC(CC)CC(C(=N)N)c1ccc2ncc(/C(=C/NC)CN)cc2n1. The van der Waals surface area contributed by atoms with E-state index in [1.165, 1.54) is 0 Å². The smallest absolute Gasteiger partial charge is 0.0998 e. The summed E-state index contributed by atoms with van der Waals surface area (Å²) in [6, 6.07) is 6.15. The molecule has 29 heavy (non-hydrogen) atoms. The van der Waals surface area contributed by atoms with E-state index >= 15 is 0 Å². The van der Waals surface area contributed by atoms with Gasteiger partial charge in [-0.05, 0) is 49.9 Å². The summed E-state index contributed by atoms with van der Waals surface area (Å²) < 4.78 is 0. The molecule has 2 heterocycles. The van der Waals surface area contributed by atoms with Crippen LogP contribution in [0.1, 0.15) is 43.9 Å². The number of pyridine rings is 2. The van der Waals surface area contributed by atoms with Gasteiger partial charge in [-0.25, -0.2) is 0 Å². The van der Waals surface area contributed by atoms with E-state index in [1.807, 2.05) is 31.4 Å². The normalized spacial score (nSPS) is 13.3. The molecule has 0 radical (unpaired) electrons. The van der Waals surface area contributed by atoms with Crippen LogP contribution in [-0.2, 0) is 0 Å². The van der Waals surface area contributed by atoms with Crippen LogP contribution in [0.2, 0.25) is 0 Å². The van der Waals surface area contributed by atoms with Gasteiger partial charge in [0.1, 0.15) is 0 Å². The highest BCUT2D eigenvalue weighted by Gasteiger charge is 2.21. The summed E-state index contributed by atoms with van der Waals surface area (Å²) in [6.45, 7) is 8.02. The Morgan fingerprint density at radius 1 is 1.28 bits per heavy atom. The van der Waals surface area contributed by atoms with Crippen molar-refractivity contribution in [2.24, 2.45) is 11.5 Å². The van der Waals surface area contributed by atoms with E-state index in [4.69, 9.17) is 27.3 Å². The second kappa shape index (κ2) is 12.6. The minimum absolute atomic E-state index is 0.139. The van der Waals surface area contributed by atoms with Gasteiger partial charge in [0.2, 0.25) is 0 Å². The molecule has 2 aromatic rings. The van der Waals surface area contributed by atoms with Crippen LogP contribution in [-0.4, -0.2) is 48.7 Å². The lowest BCUT2D eigenvalue weighted by Crippen LogP contribution is -2.33. The number of rotatable bonds is 10. The average molecular weight is 399 g/mol. The maximum Gasteiger partial charge on any atom is 0.0998 e. The zero-order valence-corrected chi connectivity index (χ0v) is 17.6. The minimum atomic E-state index is -0.219. The van der Waals surface area contributed by atoms with E-state index in [2.05, 4.69) is 36.2 Å². The van der Waals surface area contributed by atoms with Crippen molar-refractivity contribution in [1.29, 1.82) is 10.8 Å². The molecule has 0 bridgehead atoms. The number of aromatic nitrogens is 2. The number of nitrogens with two attached hydrogens (primary N) is 2. The monoisotopic (exact) mass is 398 g/mol. The van der Waals surface area contributed by atoms with E-state index < -0.39 is 0 Å². The molecule has 0 fully saturated rings. The summed E-state index contributed by atoms with van der Waals surface area (Å²) in [5.41, 5.74) is 16.0. The molecular formula is C21H34N8. The molecule has 2 aromatic heterocycles. The Morgan fingerprint density at radius 2 is 2.00 bits per heavy atom. The Kier molecular flexibility index (Phi) is 10.5. The van der Waals surface area contributed by atoms with Crippen molar-refractivity contribution in [3.8, 4) is 0 Å². The van der Waals surface area contributed by atoms with E-state index in [0.717, 1.165) is 47.3 Å². The number of nitrogens with zero attached hydrogens (tertiary/aromatic N) is 2. The summed E-state index contributed by atoms with van der Waals surface area (Å²) in [4.78, 5) is 9.28. The Hall–Kier alpha value is -2.84. The molecule has 0 amide bonds. The van der Waals surface area contributed by atoms with Gasteiger partial charge in [0.25, 0.3) is 0 Å². The quantitative estimate of drug-likeness (QED) is 0.267. The summed E-state index contributed by atoms with van der Waals surface area (Å²) in [6.07, 6.45) is 5.40. The lowest BCUT2D eigenvalue weighted by Gasteiger charge is -2.22. The van der Waals surface area contributed by atoms with Crippen LogP contribution in [0.15, 0.2) is 30.6 Å². The largest absolute Gasteiger partial charge is 0.394 e. The molecule has 0 aliphatic rings. The van der Waals surface area contributed by atoms with Crippen molar-refractivity contribution in [2.45, 2.75) is 38.6 Å². The molecular weight excluding hydrogens is 364 g/mol. The van der Waals surface area contributed by atoms with Crippen LogP contribution in [0.4, 0.5) is 0 Å². The van der Waals surface area contributed by atoms with Crippen LogP contribution in [0.5, 0.6) is 0 Å². The van der Waals surface area contributed by atoms with Gasteiger partial charge in [-0.3, -0.25) is 15.4 Å². The molecule has 0 saturated carbocycles. The van der Waals surface area contributed by atoms with Crippen LogP contribution < -0.4 is 22.1 Å². The van der Waals surface area contributed by atoms with Gasteiger partial charge in [0.15, 0.2) is 0 Å². The highest BCUT2D eigenvalue weighted by atomic mass is 14.9. The van der Waals surface area contributed by atoms with Crippen molar-refractivity contribution >= 4 is 29.2 Å². The first-order valence-corrected chi connectivity index (χ1v) is 9.80. The average Bonchev–Trinajstić information content (AvgIpc) is 2.75. The first-order valence-electron chi connectivity index (χ1n) is 9.80. The number of fused-ring (bicyclic) bond motifs is 1. The molecule has 0 saturated heterocycles. The topological polar surface area (TPSA) is 150 Å². The van der Waals surface area contributed by atoms with Crippen LogP contribution in [0.3, 0.4) is 0 Å². The third kappa shape index (κ3) is 6.62. The van der Waals surface area contributed by atoms with Crippen molar-refractivity contribution in [1.82, 2.24) is 20.6 Å². The number of hydrogen-bond acceptors (Lipinski definition) is 7. The Morgan fingerprint density at radius 3 is 2.55 bits per heavy atom. The van der Waals surface area contributed by atoms with Crippen LogP contribution in [0, 0.1) is 10.8 Å². The predicted molar refractivity (Wildman–Crippen MR) is 122 cm³/mol. The molecule has 2 atom stereocenters. The zero-order valence-electron chi connectivity index (χ0n) is 17.6. The number of hydrogen-bond donors (Lipinski definition) is 6.